The molecule has 0 atom stereocenters. The van der Waals surface area contributed by atoms with Crippen molar-refractivity contribution in [2.45, 2.75) is 39.2 Å². The minimum atomic E-state index is -0.523. The largest absolute Gasteiger partial charge is 0.377 e. The van der Waals surface area contributed by atoms with E-state index in [9.17, 15) is 4.79 Å². The SMILES string of the molecule is CC(C)(COC1CCC1)C(=O)NN. The molecule has 3 N–H and O–H groups in total. The van der Waals surface area contributed by atoms with Crippen LogP contribution in [-0.4, -0.2) is 18.6 Å². The van der Waals surface area contributed by atoms with Crippen molar-refractivity contribution in [3.8, 4) is 0 Å². The highest BCUT2D eigenvalue weighted by Gasteiger charge is 2.29. The van der Waals surface area contributed by atoms with Gasteiger partial charge in [-0.05, 0) is 33.1 Å². The van der Waals surface area contributed by atoms with Crippen molar-refractivity contribution < 1.29 is 9.53 Å². The molecule has 0 bridgehead atoms. The van der Waals surface area contributed by atoms with E-state index in [1.807, 2.05) is 13.8 Å². The quantitative estimate of drug-likeness (QED) is 0.383. The van der Waals surface area contributed by atoms with Crippen molar-refractivity contribution in [1.29, 1.82) is 0 Å². The number of hydrogen-bond acceptors (Lipinski definition) is 3. The topological polar surface area (TPSA) is 64.3 Å². The van der Waals surface area contributed by atoms with E-state index >= 15 is 0 Å². The van der Waals surface area contributed by atoms with Crippen LogP contribution in [0.4, 0.5) is 0 Å². The number of hydrogen-bond donors (Lipinski definition) is 2. The predicted octanol–water partition coefficient (Wildman–Crippen LogP) is 0.572. The maximum atomic E-state index is 11.2. The van der Waals surface area contributed by atoms with E-state index in [4.69, 9.17) is 10.6 Å². The summed E-state index contributed by atoms with van der Waals surface area (Å²) < 4.78 is 5.55. The van der Waals surface area contributed by atoms with Crippen molar-refractivity contribution in [3.63, 3.8) is 0 Å². The van der Waals surface area contributed by atoms with Gasteiger partial charge in [-0.25, -0.2) is 5.84 Å². The van der Waals surface area contributed by atoms with E-state index in [2.05, 4.69) is 5.43 Å². The van der Waals surface area contributed by atoms with E-state index < -0.39 is 5.41 Å². The van der Waals surface area contributed by atoms with Crippen LogP contribution in [0.5, 0.6) is 0 Å². The Hall–Kier alpha value is -0.610. The number of hydrazine groups is 1. The lowest BCUT2D eigenvalue weighted by molar-refractivity contribution is -0.135. The average Bonchev–Trinajstić information content (AvgIpc) is 1.99. The Bertz CT molecular complexity index is 188. The maximum absolute atomic E-state index is 11.2. The number of nitrogens with one attached hydrogen (secondary N) is 1. The molecule has 13 heavy (non-hydrogen) atoms. The van der Waals surface area contributed by atoms with Crippen LogP contribution in [0, 0.1) is 5.41 Å². The minimum Gasteiger partial charge on any atom is -0.377 e. The molecular formula is C9H18N2O2. The number of amides is 1. The molecule has 0 saturated heterocycles. The van der Waals surface area contributed by atoms with Crippen LogP contribution in [0.15, 0.2) is 0 Å². The van der Waals surface area contributed by atoms with E-state index in [0.717, 1.165) is 12.8 Å². The van der Waals surface area contributed by atoms with Gasteiger partial charge >= 0.3 is 0 Å². The molecule has 0 heterocycles. The third-order valence-corrected chi connectivity index (χ3v) is 2.48. The minimum absolute atomic E-state index is 0.174. The van der Waals surface area contributed by atoms with Gasteiger partial charge in [0, 0.05) is 0 Å². The molecule has 1 saturated carbocycles. The summed E-state index contributed by atoms with van der Waals surface area (Å²) >= 11 is 0. The lowest BCUT2D eigenvalue weighted by atomic mass is 9.92. The van der Waals surface area contributed by atoms with E-state index in [0.29, 0.717) is 12.7 Å². The van der Waals surface area contributed by atoms with E-state index in [1.54, 1.807) is 0 Å². The zero-order valence-corrected chi connectivity index (χ0v) is 8.30. The Morgan fingerprint density at radius 2 is 2.23 bits per heavy atom. The van der Waals surface area contributed by atoms with Gasteiger partial charge in [0.05, 0.1) is 18.1 Å². The number of nitrogens with two attached hydrogens (primary N) is 1. The fraction of sp³-hybridized carbons (Fsp3) is 0.889. The van der Waals surface area contributed by atoms with Crippen LogP contribution in [0.3, 0.4) is 0 Å². The number of ether oxygens (including phenoxy) is 1. The Morgan fingerprint density at radius 3 is 2.62 bits per heavy atom. The summed E-state index contributed by atoms with van der Waals surface area (Å²) in [6, 6.07) is 0. The Morgan fingerprint density at radius 1 is 1.62 bits per heavy atom. The zero-order valence-electron chi connectivity index (χ0n) is 8.30. The molecule has 0 aromatic heterocycles. The summed E-state index contributed by atoms with van der Waals surface area (Å²) in [6.07, 6.45) is 3.86. The summed E-state index contributed by atoms with van der Waals surface area (Å²) in [7, 11) is 0. The molecule has 4 nitrogen and oxygen atoms in total. The molecular weight excluding hydrogens is 168 g/mol. The van der Waals surface area contributed by atoms with E-state index in [-0.39, 0.29) is 5.91 Å². The normalized spacial score (nSPS) is 18.1. The van der Waals surface area contributed by atoms with Crippen molar-refractivity contribution in [2.24, 2.45) is 11.3 Å². The smallest absolute Gasteiger partial charge is 0.241 e. The molecule has 1 amide bonds. The predicted molar refractivity (Wildman–Crippen MR) is 49.7 cm³/mol. The third kappa shape index (κ3) is 2.67. The average molecular weight is 186 g/mol. The van der Waals surface area contributed by atoms with Gasteiger partial charge in [0.1, 0.15) is 0 Å². The van der Waals surface area contributed by atoms with Gasteiger partial charge in [-0.3, -0.25) is 10.2 Å². The molecule has 1 rings (SSSR count). The van der Waals surface area contributed by atoms with Crippen LogP contribution in [0.25, 0.3) is 0 Å². The highest BCUT2D eigenvalue weighted by molar-refractivity contribution is 5.81. The Balaban J connectivity index is 2.27. The first-order valence-corrected chi connectivity index (χ1v) is 4.69. The molecule has 1 fully saturated rings. The molecule has 1 aliphatic rings. The summed E-state index contributed by atoms with van der Waals surface area (Å²) in [5.41, 5.74) is 1.62. The molecule has 0 radical (unpaired) electrons. The van der Waals surface area contributed by atoms with Crippen molar-refractivity contribution in [1.82, 2.24) is 5.43 Å². The maximum Gasteiger partial charge on any atom is 0.241 e. The van der Waals surface area contributed by atoms with Crippen LogP contribution in [-0.2, 0) is 9.53 Å². The van der Waals surface area contributed by atoms with Gasteiger partial charge in [0.2, 0.25) is 5.91 Å². The molecule has 0 aromatic carbocycles. The second-order valence-electron chi connectivity index (χ2n) is 4.22. The van der Waals surface area contributed by atoms with Gasteiger partial charge < -0.3 is 4.74 Å². The standard InChI is InChI=1S/C9H18N2O2/c1-9(2,8(12)11-10)6-13-7-4-3-5-7/h7H,3-6,10H2,1-2H3,(H,11,12). The van der Waals surface area contributed by atoms with Gasteiger partial charge in [0.15, 0.2) is 0 Å². The zero-order chi connectivity index (χ0) is 9.90. The Kier molecular flexibility index (Phi) is 3.27. The van der Waals surface area contributed by atoms with Gasteiger partial charge in [-0.1, -0.05) is 0 Å². The molecule has 0 unspecified atom stereocenters. The van der Waals surface area contributed by atoms with Crippen LogP contribution in [0.2, 0.25) is 0 Å². The first-order chi connectivity index (χ1) is 6.06. The molecule has 1 aliphatic carbocycles. The molecule has 0 spiro atoms. The first kappa shape index (κ1) is 10.5. The number of rotatable bonds is 4. The van der Waals surface area contributed by atoms with E-state index in [1.165, 1.54) is 6.42 Å². The molecule has 0 aliphatic heterocycles. The molecule has 4 heteroatoms. The second kappa shape index (κ2) is 4.07. The van der Waals surface area contributed by atoms with Crippen molar-refractivity contribution in [2.75, 3.05) is 6.61 Å². The van der Waals surface area contributed by atoms with Crippen molar-refractivity contribution >= 4 is 5.91 Å². The first-order valence-electron chi connectivity index (χ1n) is 4.69. The summed E-state index contributed by atoms with van der Waals surface area (Å²) in [5.74, 6) is 4.88. The van der Waals surface area contributed by atoms with Crippen LogP contribution in [0.1, 0.15) is 33.1 Å². The third-order valence-electron chi connectivity index (χ3n) is 2.48. The lowest BCUT2D eigenvalue weighted by Gasteiger charge is -2.30. The molecule has 0 aromatic rings. The van der Waals surface area contributed by atoms with Gasteiger partial charge in [0.25, 0.3) is 0 Å². The summed E-state index contributed by atoms with van der Waals surface area (Å²) in [5, 5.41) is 0. The number of carbonyl (C=O) groups excluding carboxylic acids is 1. The molecule has 76 valence electrons. The Labute approximate surface area is 78.8 Å². The highest BCUT2D eigenvalue weighted by Crippen LogP contribution is 2.25. The van der Waals surface area contributed by atoms with Crippen LogP contribution >= 0.6 is 0 Å². The van der Waals surface area contributed by atoms with Gasteiger partial charge in [-0.2, -0.15) is 0 Å². The number of carbonyl (C=O) groups is 1. The van der Waals surface area contributed by atoms with Crippen LogP contribution < -0.4 is 11.3 Å². The monoisotopic (exact) mass is 186 g/mol. The second-order valence-corrected chi connectivity index (χ2v) is 4.22. The summed E-state index contributed by atoms with van der Waals surface area (Å²) in [4.78, 5) is 11.2. The fourth-order valence-corrected chi connectivity index (χ4v) is 1.12. The van der Waals surface area contributed by atoms with Gasteiger partial charge in [-0.15, -0.1) is 0 Å². The fourth-order valence-electron chi connectivity index (χ4n) is 1.12. The van der Waals surface area contributed by atoms with Crippen molar-refractivity contribution in [3.05, 3.63) is 0 Å². The highest BCUT2D eigenvalue weighted by atomic mass is 16.5. The lowest BCUT2D eigenvalue weighted by Crippen LogP contribution is -2.44. The summed E-state index contributed by atoms with van der Waals surface area (Å²) in [6.45, 7) is 4.10.